The molecule has 1 aliphatic rings. The highest BCUT2D eigenvalue weighted by Gasteiger charge is 2.27. The van der Waals surface area contributed by atoms with Gasteiger partial charge in [0.1, 0.15) is 11.5 Å². The van der Waals surface area contributed by atoms with Crippen LogP contribution in [0.25, 0.3) is 0 Å². The van der Waals surface area contributed by atoms with Crippen molar-refractivity contribution < 1.29 is 9.53 Å². The van der Waals surface area contributed by atoms with Crippen molar-refractivity contribution >= 4 is 11.7 Å². The number of pyridine rings is 1. The number of hydrazine groups is 1. The third kappa shape index (κ3) is 2.77. The lowest BCUT2D eigenvalue weighted by molar-refractivity contribution is -0.0587. The van der Waals surface area contributed by atoms with Crippen molar-refractivity contribution in [1.29, 1.82) is 0 Å². The average molecular weight is 250 g/mol. The molecule has 1 fully saturated rings. The van der Waals surface area contributed by atoms with E-state index in [4.69, 9.17) is 10.6 Å². The standard InChI is InChI=1S/C12H18N4O2/c1-8-6-16(7-9(2)18-8)12(17)10-4-3-5-11(14-10)15-13/h3-5,8-9H,6-7,13H2,1-2H3,(H,14,15)/t8-,9+. The van der Waals surface area contributed by atoms with E-state index in [9.17, 15) is 4.79 Å². The lowest BCUT2D eigenvalue weighted by Gasteiger charge is -2.35. The van der Waals surface area contributed by atoms with Crippen molar-refractivity contribution in [3.05, 3.63) is 23.9 Å². The predicted molar refractivity (Wildman–Crippen MR) is 68.0 cm³/mol. The van der Waals surface area contributed by atoms with Gasteiger partial charge in [-0.3, -0.25) is 4.79 Å². The van der Waals surface area contributed by atoms with Gasteiger partial charge in [0, 0.05) is 13.1 Å². The summed E-state index contributed by atoms with van der Waals surface area (Å²) in [5.74, 6) is 5.68. The number of anilines is 1. The molecule has 0 spiro atoms. The monoisotopic (exact) mass is 250 g/mol. The maximum atomic E-state index is 12.3. The van der Waals surface area contributed by atoms with Gasteiger partial charge in [-0.15, -0.1) is 0 Å². The summed E-state index contributed by atoms with van der Waals surface area (Å²) >= 11 is 0. The number of nitrogens with one attached hydrogen (secondary N) is 1. The van der Waals surface area contributed by atoms with E-state index in [0.29, 0.717) is 24.6 Å². The van der Waals surface area contributed by atoms with Gasteiger partial charge in [-0.25, -0.2) is 10.8 Å². The third-order valence-corrected chi connectivity index (χ3v) is 2.82. The minimum Gasteiger partial charge on any atom is -0.372 e. The molecule has 1 aromatic heterocycles. The van der Waals surface area contributed by atoms with Crippen LogP contribution in [0.5, 0.6) is 0 Å². The summed E-state index contributed by atoms with van der Waals surface area (Å²) in [6.45, 7) is 5.10. The van der Waals surface area contributed by atoms with E-state index in [1.54, 1.807) is 23.1 Å². The number of amides is 1. The number of nitrogen functional groups attached to an aromatic ring is 1. The fraction of sp³-hybridized carbons (Fsp3) is 0.500. The molecule has 6 nitrogen and oxygen atoms in total. The van der Waals surface area contributed by atoms with Gasteiger partial charge < -0.3 is 15.1 Å². The second kappa shape index (κ2) is 5.32. The maximum absolute atomic E-state index is 12.3. The van der Waals surface area contributed by atoms with E-state index in [1.807, 2.05) is 13.8 Å². The molecule has 6 heteroatoms. The molecule has 2 heterocycles. The topological polar surface area (TPSA) is 80.5 Å². The molecule has 1 aromatic rings. The van der Waals surface area contributed by atoms with Crippen molar-refractivity contribution in [3.8, 4) is 0 Å². The fourth-order valence-electron chi connectivity index (χ4n) is 2.14. The number of carbonyl (C=O) groups excluding carboxylic acids is 1. The summed E-state index contributed by atoms with van der Waals surface area (Å²) in [6.07, 6.45) is 0.0991. The average Bonchev–Trinajstić information content (AvgIpc) is 2.37. The van der Waals surface area contributed by atoms with Crippen LogP contribution in [0, 0.1) is 0 Å². The fourth-order valence-corrected chi connectivity index (χ4v) is 2.14. The van der Waals surface area contributed by atoms with Crippen LogP contribution in [0.4, 0.5) is 5.82 Å². The molecule has 3 N–H and O–H groups in total. The quantitative estimate of drug-likeness (QED) is 0.594. The van der Waals surface area contributed by atoms with Gasteiger partial charge in [-0.1, -0.05) is 6.07 Å². The van der Waals surface area contributed by atoms with Crippen molar-refractivity contribution in [2.45, 2.75) is 26.1 Å². The van der Waals surface area contributed by atoms with Crippen LogP contribution in [-0.4, -0.2) is 41.1 Å². The minimum atomic E-state index is -0.0888. The van der Waals surface area contributed by atoms with E-state index >= 15 is 0 Å². The molecule has 0 bridgehead atoms. The number of aromatic nitrogens is 1. The van der Waals surface area contributed by atoms with Crippen molar-refractivity contribution in [1.82, 2.24) is 9.88 Å². The molecule has 1 amide bonds. The van der Waals surface area contributed by atoms with Gasteiger partial charge in [0.2, 0.25) is 0 Å². The Bertz CT molecular complexity index is 428. The normalized spacial score (nSPS) is 23.8. The molecule has 0 aromatic carbocycles. The number of nitrogens with two attached hydrogens (primary N) is 1. The van der Waals surface area contributed by atoms with Crippen molar-refractivity contribution in [2.24, 2.45) is 5.84 Å². The van der Waals surface area contributed by atoms with Gasteiger partial charge in [0.15, 0.2) is 0 Å². The number of morpholine rings is 1. The lowest BCUT2D eigenvalue weighted by atomic mass is 10.2. The minimum absolute atomic E-state index is 0.0496. The Hall–Kier alpha value is -1.66. The van der Waals surface area contributed by atoms with Gasteiger partial charge in [0.25, 0.3) is 5.91 Å². The first-order valence-corrected chi connectivity index (χ1v) is 5.98. The Balaban J connectivity index is 2.14. The molecule has 1 aliphatic heterocycles. The first-order chi connectivity index (χ1) is 8.60. The zero-order chi connectivity index (χ0) is 13.1. The Morgan fingerprint density at radius 3 is 2.72 bits per heavy atom. The summed E-state index contributed by atoms with van der Waals surface area (Å²) in [5.41, 5.74) is 2.83. The molecule has 0 unspecified atom stereocenters. The Kier molecular flexibility index (Phi) is 3.78. The molecular weight excluding hydrogens is 232 g/mol. The molecule has 1 saturated heterocycles. The summed E-state index contributed by atoms with van der Waals surface area (Å²) in [4.78, 5) is 18.2. The molecule has 18 heavy (non-hydrogen) atoms. The highest BCUT2D eigenvalue weighted by molar-refractivity contribution is 5.92. The van der Waals surface area contributed by atoms with Crippen molar-refractivity contribution in [3.63, 3.8) is 0 Å². The molecule has 0 radical (unpaired) electrons. The first-order valence-electron chi connectivity index (χ1n) is 5.98. The number of carbonyl (C=O) groups is 1. The first kappa shape index (κ1) is 12.8. The summed E-state index contributed by atoms with van der Waals surface area (Å²) in [5, 5.41) is 0. The molecular formula is C12H18N4O2. The smallest absolute Gasteiger partial charge is 0.272 e. The van der Waals surface area contributed by atoms with Crippen LogP contribution in [0.15, 0.2) is 18.2 Å². The third-order valence-electron chi connectivity index (χ3n) is 2.82. The second-order valence-electron chi connectivity index (χ2n) is 4.52. The van der Waals surface area contributed by atoms with Crippen LogP contribution in [0.2, 0.25) is 0 Å². The second-order valence-corrected chi connectivity index (χ2v) is 4.52. The van der Waals surface area contributed by atoms with E-state index in [0.717, 1.165) is 0 Å². The van der Waals surface area contributed by atoms with Gasteiger partial charge in [0.05, 0.1) is 12.2 Å². The zero-order valence-electron chi connectivity index (χ0n) is 10.6. The van der Waals surface area contributed by atoms with E-state index in [-0.39, 0.29) is 18.1 Å². The summed E-state index contributed by atoms with van der Waals surface area (Å²) < 4.78 is 5.60. The number of hydrogen-bond donors (Lipinski definition) is 2. The highest BCUT2D eigenvalue weighted by Crippen LogP contribution is 2.14. The number of nitrogens with zero attached hydrogens (tertiary/aromatic N) is 2. The van der Waals surface area contributed by atoms with Crippen molar-refractivity contribution in [2.75, 3.05) is 18.5 Å². The van der Waals surface area contributed by atoms with E-state index < -0.39 is 0 Å². The Morgan fingerprint density at radius 2 is 2.11 bits per heavy atom. The van der Waals surface area contributed by atoms with Gasteiger partial charge >= 0.3 is 0 Å². The molecule has 0 aliphatic carbocycles. The molecule has 98 valence electrons. The molecule has 2 rings (SSSR count). The SMILES string of the molecule is C[C@@H]1CN(C(=O)c2cccc(NN)n2)C[C@H](C)O1. The maximum Gasteiger partial charge on any atom is 0.272 e. The van der Waals surface area contributed by atoms with Crippen LogP contribution in [0.3, 0.4) is 0 Å². The van der Waals surface area contributed by atoms with E-state index in [1.165, 1.54) is 0 Å². The highest BCUT2D eigenvalue weighted by atomic mass is 16.5. The van der Waals surface area contributed by atoms with E-state index in [2.05, 4.69) is 10.4 Å². The summed E-state index contributed by atoms with van der Waals surface area (Å²) in [7, 11) is 0. The largest absolute Gasteiger partial charge is 0.372 e. The molecule has 0 saturated carbocycles. The lowest BCUT2D eigenvalue weighted by Crippen LogP contribution is -2.48. The van der Waals surface area contributed by atoms with Crippen LogP contribution in [0.1, 0.15) is 24.3 Å². The van der Waals surface area contributed by atoms with Gasteiger partial charge in [-0.2, -0.15) is 0 Å². The number of ether oxygens (including phenoxy) is 1. The van der Waals surface area contributed by atoms with Crippen LogP contribution < -0.4 is 11.3 Å². The Labute approximate surface area is 106 Å². The number of rotatable bonds is 2. The Morgan fingerprint density at radius 1 is 1.44 bits per heavy atom. The van der Waals surface area contributed by atoms with Gasteiger partial charge in [-0.05, 0) is 26.0 Å². The molecule has 2 atom stereocenters. The number of hydrogen-bond acceptors (Lipinski definition) is 5. The predicted octanol–water partition coefficient (Wildman–Crippen LogP) is 0.617. The zero-order valence-corrected chi connectivity index (χ0v) is 10.6. The van der Waals surface area contributed by atoms with Crippen LogP contribution in [-0.2, 0) is 4.74 Å². The van der Waals surface area contributed by atoms with Crippen LogP contribution >= 0.6 is 0 Å². The summed E-state index contributed by atoms with van der Waals surface area (Å²) in [6, 6.07) is 5.15.